The van der Waals surface area contributed by atoms with E-state index in [0.717, 1.165) is 55.7 Å². The molecule has 0 aliphatic carbocycles. The lowest BCUT2D eigenvalue weighted by atomic mass is 10.2. The Morgan fingerprint density at radius 3 is 2.11 bits per heavy atom. The van der Waals surface area contributed by atoms with Crippen LogP contribution in [0.15, 0.2) is 18.2 Å². The Balaban J connectivity index is 2.66. The van der Waals surface area contributed by atoms with E-state index in [0.29, 0.717) is 0 Å². The van der Waals surface area contributed by atoms with Gasteiger partial charge in [-0.2, -0.15) is 0 Å². The highest BCUT2D eigenvalue weighted by molar-refractivity contribution is 9.08. The van der Waals surface area contributed by atoms with E-state index in [-0.39, 0.29) is 0 Å². The summed E-state index contributed by atoms with van der Waals surface area (Å²) in [6.07, 6.45) is 4.44. The van der Waals surface area contributed by atoms with Crippen LogP contribution in [0.3, 0.4) is 0 Å². The van der Waals surface area contributed by atoms with Gasteiger partial charge < -0.3 is 9.47 Å². The van der Waals surface area contributed by atoms with Crippen LogP contribution in [0.25, 0.3) is 0 Å². The minimum absolute atomic E-state index is 0.756. The zero-order valence-corrected chi connectivity index (χ0v) is 13.0. The molecule has 0 unspecified atom stereocenters. The predicted octanol–water partition coefficient (Wildman–Crippen LogP) is 4.94. The third-order valence-corrected chi connectivity index (χ3v) is 3.32. The Morgan fingerprint density at radius 1 is 0.944 bits per heavy atom. The smallest absolute Gasteiger partial charge is 0.161 e. The normalized spacial score (nSPS) is 10.4. The minimum atomic E-state index is 0.756. The summed E-state index contributed by atoms with van der Waals surface area (Å²) in [6.45, 7) is 5.84. The van der Waals surface area contributed by atoms with Crippen molar-refractivity contribution in [1.29, 1.82) is 0 Å². The van der Waals surface area contributed by atoms with Gasteiger partial charge in [-0.15, -0.1) is 0 Å². The fourth-order valence-electron chi connectivity index (χ4n) is 1.52. The van der Waals surface area contributed by atoms with Gasteiger partial charge in [0.2, 0.25) is 0 Å². The Bertz CT molecular complexity index is 339. The van der Waals surface area contributed by atoms with Gasteiger partial charge in [0.05, 0.1) is 13.2 Å². The molecule has 3 heteroatoms. The van der Waals surface area contributed by atoms with Crippen molar-refractivity contribution in [3.8, 4) is 11.5 Å². The highest BCUT2D eigenvalue weighted by Crippen LogP contribution is 2.29. The van der Waals surface area contributed by atoms with Crippen LogP contribution in [-0.2, 0) is 5.33 Å². The Hall–Kier alpha value is -0.700. The maximum atomic E-state index is 5.80. The van der Waals surface area contributed by atoms with E-state index in [4.69, 9.17) is 9.47 Å². The molecule has 0 aliphatic heterocycles. The molecule has 0 aromatic heterocycles. The number of benzene rings is 1. The molecular weight excluding hydrogens is 292 g/mol. The van der Waals surface area contributed by atoms with Gasteiger partial charge >= 0.3 is 0 Å². The van der Waals surface area contributed by atoms with Crippen molar-refractivity contribution in [1.82, 2.24) is 0 Å². The fourth-order valence-corrected chi connectivity index (χ4v) is 1.87. The standard InChI is InChI=1S/C15H23BrO2/c1-3-5-9-17-14-8-7-13(12-16)11-15(14)18-10-6-4-2/h7-8,11H,3-6,9-10,12H2,1-2H3. The summed E-state index contributed by atoms with van der Waals surface area (Å²) in [5, 5.41) is 0.840. The number of rotatable bonds is 9. The minimum Gasteiger partial charge on any atom is -0.490 e. The van der Waals surface area contributed by atoms with Crippen LogP contribution in [0.2, 0.25) is 0 Å². The van der Waals surface area contributed by atoms with E-state index in [1.807, 2.05) is 6.07 Å². The van der Waals surface area contributed by atoms with E-state index in [1.54, 1.807) is 0 Å². The van der Waals surface area contributed by atoms with Crippen molar-refractivity contribution in [2.24, 2.45) is 0 Å². The van der Waals surface area contributed by atoms with Crippen molar-refractivity contribution in [3.05, 3.63) is 23.8 Å². The van der Waals surface area contributed by atoms with Crippen molar-refractivity contribution < 1.29 is 9.47 Å². The van der Waals surface area contributed by atoms with Gasteiger partial charge in [-0.25, -0.2) is 0 Å². The van der Waals surface area contributed by atoms with Gasteiger partial charge in [-0.05, 0) is 30.5 Å². The Kier molecular flexibility index (Phi) is 7.90. The third-order valence-electron chi connectivity index (χ3n) is 2.67. The molecule has 102 valence electrons. The highest BCUT2D eigenvalue weighted by atomic mass is 79.9. The first-order chi connectivity index (χ1) is 8.81. The SMILES string of the molecule is CCCCOc1ccc(CBr)cc1OCCCC. The largest absolute Gasteiger partial charge is 0.490 e. The van der Waals surface area contributed by atoms with Crippen molar-refractivity contribution in [2.45, 2.75) is 44.9 Å². The summed E-state index contributed by atoms with van der Waals surface area (Å²) in [5.41, 5.74) is 1.21. The van der Waals surface area contributed by atoms with E-state index >= 15 is 0 Å². The molecule has 0 bridgehead atoms. The molecule has 0 atom stereocenters. The molecular formula is C15H23BrO2. The molecule has 1 rings (SSSR count). The number of hydrogen-bond donors (Lipinski definition) is 0. The molecule has 0 heterocycles. The summed E-state index contributed by atoms with van der Waals surface area (Å²) in [5.74, 6) is 1.74. The first kappa shape index (κ1) is 15.4. The number of halogens is 1. The van der Waals surface area contributed by atoms with Crippen LogP contribution in [-0.4, -0.2) is 13.2 Å². The van der Waals surface area contributed by atoms with Crippen LogP contribution in [0, 0.1) is 0 Å². The summed E-state index contributed by atoms with van der Waals surface area (Å²) < 4.78 is 11.6. The van der Waals surface area contributed by atoms with Crippen LogP contribution in [0.5, 0.6) is 11.5 Å². The van der Waals surface area contributed by atoms with Crippen molar-refractivity contribution in [3.63, 3.8) is 0 Å². The number of ether oxygens (including phenoxy) is 2. The monoisotopic (exact) mass is 314 g/mol. The maximum Gasteiger partial charge on any atom is 0.161 e. The summed E-state index contributed by atoms with van der Waals surface area (Å²) in [4.78, 5) is 0. The zero-order chi connectivity index (χ0) is 13.2. The van der Waals surface area contributed by atoms with Gasteiger partial charge in [-0.1, -0.05) is 48.7 Å². The Labute approximate surface area is 119 Å². The fraction of sp³-hybridized carbons (Fsp3) is 0.600. The molecule has 0 fully saturated rings. The third kappa shape index (κ3) is 5.30. The van der Waals surface area contributed by atoms with E-state index in [9.17, 15) is 0 Å². The second kappa shape index (κ2) is 9.26. The van der Waals surface area contributed by atoms with Gasteiger partial charge in [0.1, 0.15) is 0 Å². The molecule has 18 heavy (non-hydrogen) atoms. The van der Waals surface area contributed by atoms with Crippen LogP contribution < -0.4 is 9.47 Å². The second-order valence-corrected chi connectivity index (χ2v) is 4.88. The first-order valence-electron chi connectivity index (χ1n) is 6.76. The summed E-state index contributed by atoms with van der Waals surface area (Å²) in [6, 6.07) is 6.14. The van der Waals surface area contributed by atoms with Crippen LogP contribution in [0.4, 0.5) is 0 Å². The number of alkyl halides is 1. The average Bonchev–Trinajstić information content (AvgIpc) is 2.40. The van der Waals surface area contributed by atoms with Gasteiger partial charge in [-0.3, -0.25) is 0 Å². The molecule has 0 radical (unpaired) electrons. The van der Waals surface area contributed by atoms with Crippen LogP contribution in [0.1, 0.15) is 45.1 Å². The van der Waals surface area contributed by atoms with Gasteiger partial charge in [0, 0.05) is 5.33 Å². The predicted molar refractivity (Wildman–Crippen MR) is 79.9 cm³/mol. The van der Waals surface area contributed by atoms with Crippen LogP contribution >= 0.6 is 15.9 Å². The zero-order valence-electron chi connectivity index (χ0n) is 11.4. The lowest BCUT2D eigenvalue weighted by Gasteiger charge is -2.13. The highest BCUT2D eigenvalue weighted by Gasteiger charge is 2.06. The van der Waals surface area contributed by atoms with Crippen molar-refractivity contribution >= 4 is 15.9 Å². The van der Waals surface area contributed by atoms with E-state index in [1.165, 1.54) is 5.56 Å². The molecule has 0 saturated heterocycles. The first-order valence-corrected chi connectivity index (χ1v) is 7.88. The molecule has 0 spiro atoms. The molecule has 0 aliphatic rings. The molecule has 0 N–H and O–H groups in total. The quantitative estimate of drug-likeness (QED) is 0.475. The number of unbranched alkanes of at least 4 members (excludes halogenated alkanes) is 2. The van der Waals surface area contributed by atoms with Crippen molar-refractivity contribution in [2.75, 3.05) is 13.2 Å². The number of hydrogen-bond acceptors (Lipinski definition) is 2. The maximum absolute atomic E-state index is 5.80. The Morgan fingerprint density at radius 2 is 1.56 bits per heavy atom. The topological polar surface area (TPSA) is 18.5 Å². The van der Waals surface area contributed by atoms with E-state index in [2.05, 4.69) is 41.9 Å². The summed E-state index contributed by atoms with van der Waals surface area (Å²) in [7, 11) is 0. The van der Waals surface area contributed by atoms with Gasteiger partial charge in [0.25, 0.3) is 0 Å². The summed E-state index contributed by atoms with van der Waals surface area (Å²) >= 11 is 3.47. The average molecular weight is 315 g/mol. The molecule has 0 saturated carbocycles. The molecule has 2 nitrogen and oxygen atoms in total. The van der Waals surface area contributed by atoms with E-state index < -0.39 is 0 Å². The molecule has 1 aromatic rings. The molecule has 1 aromatic carbocycles. The lowest BCUT2D eigenvalue weighted by Crippen LogP contribution is -2.02. The van der Waals surface area contributed by atoms with Gasteiger partial charge in [0.15, 0.2) is 11.5 Å². The molecule has 0 amide bonds. The second-order valence-electron chi connectivity index (χ2n) is 4.32. The lowest BCUT2D eigenvalue weighted by molar-refractivity contribution is 0.262.